The van der Waals surface area contributed by atoms with Crippen molar-refractivity contribution in [1.29, 1.82) is 0 Å². The maximum atomic E-state index is 13.5. The van der Waals surface area contributed by atoms with Gasteiger partial charge in [0.1, 0.15) is 0 Å². The molecule has 1 heterocycles. The molecule has 1 aromatic heterocycles. The Morgan fingerprint density at radius 2 is 2.35 bits per heavy atom. The van der Waals surface area contributed by atoms with Crippen LogP contribution in [0.1, 0.15) is 11.3 Å². The van der Waals surface area contributed by atoms with Crippen LogP contribution in [0.3, 0.4) is 0 Å². The molecular weight excluding hydrogens is 261 g/mol. The van der Waals surface area contributed by atoms with Crippen molar-refractivity contribution in [2.24, 2.45) is 5.10 Å². The second-order valence-electron chi connectivity index (χ2n) is 3.31. The molecule has 88 valence electrons. The van der Waals surface area contributed by atoms with Gasteiger partial charge in [0.15, 0.2) is 5.82 Å². The van der Waals surface area contributed by atoms with Crippen LogP contribution < -0.4 is 5.43 Å². The van der Waals surface area contributed by atoms with Crippen LogP contribution in [-0.2, 0) is 0 Å². The lowest BCUT2D eigenvalue weighted by atomic mass is 10.2. The molecule has 0 aliphatic carbocycles. The second kappa shape index (κ2) is 5.25. The zero-order valence-electron chi connectivity index (χ0n) is 8.95. The molecule has 1 aromatic carbocycles. The van der Waals surface area contributed by atoms with E-state index in [0.29, 0.717) is 10.7 Å². The highest BCUT2D eigenvalue weighted by atomic mass is 35.5. The number of nitrogens with zero attached hydrogens (tertiary/aromatic N) is 2. The van der Waals surface area contributed by atoms with Gasteiger partial charge in [-0.3, -0.25) is 5.43 Å². The normalized spacial score (nSPS) is 11.0. The molecule has 2 aromatic rings. The monoisotopic (exact) mass is 269 g/mol. The molecule has 0 saturated carbocycles. The second-order valence-corrected chi connectivity index (χ2v) is 4.57. The van der Waals surface area contributed by atoms with Gasteiger partial charge in [-0.2, -0.15) is 5.10 Å². The topological polar surface area (TPSA) is 37.3 Å². The zero-order valence-corrected chi connectivity index (χ0v) is 10.5. The number of aryl methyl sites for hydroxylation is 1. The highest BCUT2D eigenvalue weighted by Gasteiger charge is 2.03. The third-order valence-corrected chi connectivity index (χ3v) is 3.12. The first-order valence-corrected chi connectivity index (χ1v) is 6.08. The number of nitrogens with one attached hydrogen (secondary N) is 1. The lowest BCUT2D eigenvalue weighted by Gasteiger charge is -1.98. The molecule has 0 spiro atoms. The Balaban J connectivity index is 2.08. The number of rotatable bonds is 3. The van der Waals surface area contributed by atoms with Gasteiger partial charge in [0.25, 0.3) is 0 Å². The largest absolute Gasteiger partial charge is 0.253 e. The van der Waals surface area contributed by atoms with Crippen molar-refractivity contribution in [3.05, 3.63) is 45.7 Å². The summed E-state index contributed by atoms with van der Waals surface area (Å²) in [7, 11) is 0. The number of benzene rings is 1. The van der Waals surface area contributed by atoms with Gasteiger partial charge in [0.2, 0.25) is 5.13 Å². The highest BCUT2D eigenvalue weighted by Crippen LogP contribution is 2.17. The van der Waals surface area contributed by atoms with Gasteiger partial charge in [-0.15, -0.1) is 11.3 Å². The predicted molar refractivity (Wildman–Crippen MR) is 69.5 cm³/mol. The summed E-state index contributed by atoms with van der Waals surface area (Å²) in [6.45, 7) is 1.89. The number of hydrogen-bond donors (Lipinski definition) is 1. The van der Waals surface area contributed by atoms with Gasteiger partial charge in [0.05, 0.1) is 16.9 Å². The van der Waals surface area contributed by atoms with E-state index in [-0.39, 0.29) is 5.02 Å². The molecule has 3 nitrogen and oxygen atoms in total. The first-order valence-electron chi connectivity index (χ1n) is 4.82. The Labute approximate surface area is 107 Å². The van der Waals surface area contributed by atoms with E-state index in [9.17, 15) is 4.39 Å². The molecule has 0 aliphatic heterocycles. The van der Waals surface area contributed by atoms with E-state index in [1.807, 2.05) is 12.3 Å². The fourth-order valence-electron chi connectivity index (χ4n) is 1.18. The number of halogens is 2. The number of aromatic nitrogens is 1. The molecule has 0 atom stereocenters. The fraction of sp³-hybridized carbons (Fsp3) is 0.0909. The lowest BCUT2D eigenvalue weighted by molar-refractivity contribution is 0.626. The highest BCUT2D eigenvalue weighted by molar-refractivity contribution is 7.13. The summed E-state index contributed by atoms with van der Waals surface area (Å²) >= 11 is 7.08. The van der Waals surface area contributed by atoms with Crippen molar-refractivity contribution < 1.29 is 4.39 Å². The van der Waals surface area contributed by atoms with Crippen LogP contribution in [0.5, 0.6) is 0 Å². The van der Waals surface area contributed by atoms with Crippen molar-refractivity contribution in [2.45, 2.75) is 6.92 Å². The van der Waals surface area contributed by atoms with Crippen LogP contribution >= 0.6 is 22.9 Å². The van der Waals surface area contributed by atoms with Crippen LogP contribution in [0, 0.1) is 12.7 Å². The Morgan fingerprint density at radius 3 is 3.06 bits per heavy atom. The van der Waals surface area contributed by atoms with Gasteiger partial charge in [-0.25, -0.2) is 9.37 Å². The number of hydrogen-bond acceptors (Lipinski definition) is 4. The van der Waals surface area contributed by atoms with Crippen LogP contribution in [0.15, 0.2) is 28.7 Å². The Bertz CT molecular complexity index is 553. The molecule has 6 heteroatoms. The average molecular weight is 270 g/mol. The van der Waals surface area contributed by atoms with Gasteiger partial charge in [-0.05, 0) is 13.0 Å². The molecule has 0 bridgehead atoms. The molecule has 0 amide bonds. The van der Waals surface area contributed by atoms with E-state index in [4.69, 9.17) is 11.6 Å². The molecule has 0 fully saturated rings. The predicted octanol–water partition coefficient (Wildman–Crippen LogP) is 3.69. The lowest BCUT2D eigenvalue weighted by Crippen LogP contribution is -1.93. The van der Waals surface area contributed by atoms with Crippen molar-refractivity contribution in [1.82, 2.24) is 4.98 Å². The van der Waals surface area contributed by atoms with Gasteiger partial charge >= 0.3 is 0 Å². The minimum absolute atomic E-state index is 0.0824. The van der Waals surface area contributed by atoms with E-state index in [2.05, 4.69) is 15.5 Å². The third-order valence-electron chi connectivity index (χ3n) is 1.96. The molecular formula is C11H9ClFN3S. The molecule has 17 heavy (non-hydrogen) atoms. The van der Waals surface area contributed by atoms with Gasteiger partial charge in [0, 0.05) is 10.9 Å². The minimum Gasteiger partial charge on any atom is -0.253 e. The molecule has 2 rings (SSSR count). The molecule has 0 unspecified atom stereocenters. The summed E-state index contributed by atoms with van der Waals surface area (Å²) in [5.41, 5.74) is 3.98. The summed E-state index contributed by atoms with van der Waals surface area (Å²) in [6.07, 6.45) is 1.37. The maximum Gasteiger partial charge on any atom is 0.203 e. The van der Waals surface area contributed by atoms with Crippen LogP contribution in [-0.4, -0.2) is 11.2 Å². The van der Waals surface area contributed by atoms with Crippen LogP contribution in [0.2, 0.25) is 5.02 Å². The van der Waals surface area contributed by atoms with E-state index in [1.54, 1.807) is 12.1 Å². The smallest absolute Gasteiger partial charge is 0.203 e. The first-order chi connectivity index (χ1) is 8.16. The van der Waals surface area contributed by atoms with Crippen molar-refractivity contribution >= 4 is 34.3 Å². The van der Waals surface area contributed by atoms with Crippen LogP contribution in [0.4, 0.5) is 9.52 Å². The first kappa shape index (κ1) is 12.0. The number of hydrazone groups is 1. The molecule has 0 radical (unpaired) electrons. The quantitative estimate of drug-likeness (QED) is 0.682. The Kier molecular flexibility index (Phi) is 3.71. The molecule has 0 saturated heterocycles. The standard InChI is InChI=1S/C11H9ClFN3S/c1-7-6-17-11(15-7)16-14-5-8-3-2-4-9(12)10(8)13/h2-6H,1H3,(H,15,16). The summed E-state index contributed by atoms with van der Waals surface area (Å²) in [6, 6.07) is 4.76. The fourth-order valence-corrected chi connectivity index (χ4v) is 2.00. The van der Waals surface area contributed by atoms with E-state index >= 15 is 0 Å². The number of thiazole rings is 1. The molecule has 1 N–H and O–H groups in total. The number of anilines is 1. The average Bonchev–Trinajstić information content (AvgIpc) is 2.70. The maximum absolute atomic E-state index is 13.5. The van der Waals surface area contributed by atoms with Gasteiger partial charge < -0.3 is 0 Å². The summed E-state index contributed by atoms with van der Waals surface area (Å²) in [5.74, 6) is -0.477. The van der Waals surface area contributed by atoms with Crippen molar-refractivity contribution in [3.8, 4) is 0 Å². The summed E-state index contributed by atoms with van der Waals surface area (Å²) in [5, 5.41) is 6.55. The van der Waals surface area contributed by atoms with E-state index in [0.717, 1.165) is 5.69 Å². The van der Waals surface area contributed by atoms with E-state index < -0.39 is 5.82 Å². The van der Waals surface area contributed by atoms with Crippen molar-refractivity contribution in [2.75, 3.05) is 5.43 Å². The Morgan fingerprint density at radius 1 is 1.53 bits per heavy atom. The zero-order chi connectivity index (χ0) is 12.3. The third kappa shape index (κ3) is 3.01. The van der Waals surface area contributed by atoms with Gasteiger partial charge in [-0.1, -0.05) is 23.7 Å². The minimum atomic E-state index is -0.477. The SMILES string of the molecule is Cc1csc(NN=Cc2cccc(Cl)c2F)n1. The van der Waals surface area contributed by atoms with Crippen molar-refractivity contribution in [3.63, 3.8) is 0 Å². The van der Waals surface area contributed by atoms with Crippen LogP contribution in [0.25, 0.3) is 0 Å². The summed E-state index contributed by atoms with van der Waals surface area (Å²) < 4.78 is 13.5. The Hall–Kier alpha value is -1.46. The molecule has 0 aliphatic rings. The summed E-state index contributed by atoms with van der Waals surface area (Å²) in [4.78, 5) is 4.16. The van der Waals surface area contributed by atoms with E-state index in [1.165, 1.54) is 23.6 Å².